The van der Waals surface area contributed by atoms with Crippen molar-refractivity contribution in [2.24, 2.45) is 5.73 Å². The van der Waals surface area contributed by atoms with Crippen LogP contribution in [-0.2, 0) is 9.53 Å². The Morgan fingerprint density at radius 2 is 1.64 bits per heavy atom. The third-order valence-corrected chi connectivity index (χ3v) is 4.35. The molecule has 0 aliphatic heterocycles. The number of rotatable bonds is 9. The molecule has 1 rings (SSSR count). The first-order valence-electron chi connectivity index (χ1n) is 9.37. The number of nitrogens with one attached hydrogen (secondary N) is 1. The SMILES string of the molecule is C=C\C=C(/C=C(C)/C(/C=C(\C=C)C(N)=O)=C/C=C)OC(=O)NC1CCCCC1. The lowest BCUT2D eigenvalue weighted by molar-refractivity contribution is -0.114. The molecule has 1 aliphatic carbocycles. The zero-order valence-corrected chi connectivity index (χ0v) is 16.6. The van der Waals surface area contributed by atoms with Gasteiger partial charge in [0.25, 0.3) is 0 Å². The smallest absolute Gasteiger partial charge is 0.410 e. The molecule has 0 saturated heterocycles. The predicted octanol–water partition coefficient (Wildman–Crippen LogP) is 4.77. The Kier molecular flexibility index (Phi) is 10.1. The van der Waals surface area contributed by atoms with Crippen LogP contribution in [0.25, 0.3) is 0 Å². The maximum Gasteiger partial charge on any atom is 0.412 e. The minimum Gasteiger partial charge on any atom is -0.410 e. The van der Waals surface area contributed by atoms with Crippen LogP contribution in [0.15, 0.2) is 84.7 Å². The van der Waals surface area contributed by atoms with Gasteiger partial charge in [0.15, 0.2) is 0 Å². The van der Waals surface area contributed by atoms with Gasteiger partial charge in [-0.3, -0.25) is 4.79 Å². The molecule has 0 aromatic heterocycles. The third kappa shape index (κ3) is 8.08. The molecule has 5 nitrogen and oxygen atoms in total. The molecule has 150 valence electrons. The highest BCUT2D eigenvalue weighted by molar-refractivity contribution is 5.95. The number of hydrogen-bond acceptors (Lipinski definition) is 3. The van der Waals surface area contributed by atoms with Crippen molar-refractivity contribution in [2.45, 2.75) is 45.1 Å². The maximum absolute atomic E-state index is 12.2. The first-order valence-corrected chi connectivity index (χ1v) is 9.37. The van der Waals surface area contributed by atoms with Crippen molar-refractivity contribution in [3.63, 3.8) is 0 Å². The number of carbonyl (C=O) groups is 2. The lowest BCUT2D eigenvalue weighted by Crippen LogP contribution is -2.36. The molecule has 0 aromatic carbocycles. The number of nitrogens with two attached hydrogens (primary N) is 1. The Morgan fingerprint density at radius 1 is 1.00 bits per heavy atom. The second kappa shape index (κ2) is 12.3. The molecule has 0 radical (unpaired) electrons. The van der Waals surface area contributed by atoms with E-state index in [1.807, 2.05) is 6.92 Å². The zero-order valence-electron chi connectivity index (χ0n) is 16.6. The van der Waals surface area contributed by atoms with Crippen molar-refractivity contribution in [3.8, 4) is 0 Å². The van der Waals surface area contributed by atoms with Crippen molar-refractivity contribution in [1.82, 2.24) is 5.32 Å². The number of hydrogen-bond donors (Lipinski definition) is 2. The molecular formula is C23H30N2O3. The van der Waals surface area contributed by atoms with Crippen LogP contribution in [0, 0.1) is 0 Å². The minimum absolute atomic E-state index is 0.154. The fraction of sp³-hybridized carbons (Fsp3) is 0.304. The van der Waals surface area contributed by atoms with Crippen molar-refractivity contribution in [2.75, 3.05) is 0 Å². The number of ether oxygens (including phenoxy) is 1. The molecule has 2 amide bonds. The van der Waals surface area contributed by atoms with Gasteiger partial charge in [0.2, 0.25) is 5.91 Å². The third-order valence-electron chi connectivity index (χ3n) is 4.35. The summed E-state index contributed by atoms with van der Waals surface area (Å²) in [5.41, 5.74) is 7.05. The van der Waals surface area contributed by atoms with Gasteiger partial charge in [-0.25, -0.2) is 4.79 Å². The van der Waals surface area contributed by atoms with E-state index in [4.69, 9.17) is 10.5 Å². The standard InChI is InChI=1S/C23H30N2O3/c1-5-11-19(16-18(7-3)22(24)26)17(4)15-21(12-6-2)28-23(27)25-20-13-9-8-10-14-20/h5-7,11-12,15-16,20H,1-3,8-10,13-14H2,4H3,(H2,24,26)(H,25,27)/b17-15+,18-16+,19-11+,21-12+. The van der Waals surface area contributed by atoms with Crippen LogP contribution in [-0.4, -0.2) is 18.0 Å². The first-order chi connectivity index (χ1) is 13.4. The topological polar surface area (TPSA) is 81.4 Å². The Bertz CT molecular complexity index is 733. The highest BCUT2D eigenvalue weighted by Crippen LogP contribution is 2.19. The number of allylic oxidation sites excluding steroid dienone is 8. The van der Waals surface area contributed by atoms with E-state index < -0.39 is 12.0 Å². The van der Waals surface area contributed by atoms with E-state index in [0.717, 1.165) is 31.3 Å². The van der Waals surface area contributed by atoms with Crippen molar-refractivity contribution < 1.29 is 14.3 Å². The Balaban J connectivity index is 2.99. The summed E-state index contributed by atoms with van der Waals surface area (Å²) in [6.45, 7) is 12.8. The average Bonchev–Trinajstić information content (AvgIpc) is 2.65. The molecule has 0 heterocycles. The van der Waals surface area contributed by atoms with Gasteiger partial charge in [-0.05, 0) is 49.1 Å². The molecule has 5 heteroatoms. The normalized spacial score (nSPS) is 16.9. The zero-order chi connectivity index (χ0) is 20.9. The summed E-state index contributed by atoms with van der Waals surface area (Å²) in [6.07, 6.45) is 16.0. The fourth-order valence-electron chi connectivity index (χ4n) is 2.89. The largest absolute Gasteiger partial charge is 0.412 e. The number of amides is 2. The summed E-state index contributed by atoms with van der Waals surface area (Å²) in [6, 6.07) is 0.154. The molecule has 1 aliphatic rings. The van der Waals surface area contributed by atoms with Crippen molar-refractivity contribution in [3.05, 3.63) is 84.7 Å². The second-order valence-corrected chi connectivity index (χ2v) is 6.53. The molecule has 3 N–H and O–H groups in total. The van der Waals surface area contributed by atoms with Crippen LogP contribution in [0.1, 0.15) is 39.0 Å². The van der Waals surface area contributed by atoms with E-state index in [2.05, 4.69) is 25.1 Å². The van der Waals surface area contributed by atoms with Gasteiger partial charge in [-0.15, -0.1) is 0 Å². The highest BCUT2D eigenvalue weighted by Gasteiger charge is 2.17. The van der Waals surface area contributed by atoms with Gasteiger partial charge < -0.3 is 15.8 Å². The number of carbonyl (C=O) groups excluding carboxylic acids is 2. The Morgan fingerprint density at radius 3 is 2.18 bits per heavy atom. The van der Waals surface area contributed by atoms with Crippen LogP contribution >= 0.6 is 0 Å². The van der Waals surface area contributed by atoms with E-state index in [1.165, 1.54) is 18.6 Å². The summed E-state index contributed by atoms with van der Waals surface area (Å²) in [7, 11) is 0. The van der Waals surface area contributed by atoms with Gasteiger partial charge in [0, 0.05) is 11.6 Å². The van der Waals surface area contributed by atoms with Crippen LogP contribution in [0.5, 0.6) is 0 Å². The summed E-state index contributed by atoms with van der Waals surface area (Å²) in [5.74, 6) is -0.244. The molecule has 28 heavy (non-hydrogen) atoms. The van der Waals surface area contributed by atoms with Gasteiger partial charge in [0.05, 0.1) is 0 Å². The predicted molar refractivity (Wildman–Crippen MR) is 114 cm³/mol. The monoisotopic (exact) mass is 382 g/mol. The van der Waals surface area contributed by atoms with Crippen molar-refractivity contribution >= 4 is 12.0 Å². The first kappa shape index (κ1) is 23.0. The summed E-state index contributed by atoms with van der Waals surface area (Å²) in [4.78, 5) is 23.7. The summed E-state index contributed by atoms with van der Waals surface area (Å²) < 4.78 is 5.45. The van der Waals surface area contributed by atoms with Gasteiger partial charge >= 0.3 is 6.09 Å². The molecule has 1 saturated carbocycles. The van der Waals surface area contributed by atoms with Crippen molar-refractivity contribution in [1.29, 1.82) is 0 Å². The van der Waals surface area contributed by atoms with E-state index >= 15 is 0 Å². The molecule has 0 aromatic rings. The molecular weight excluding hydrogens is 352 g/mol. The minimum atomic E-state index is -0.581. The molecule has 0 bridgehead atoms. The molecule has 0 unspecified atom stereocenters. The lowest BCUT2D eigenvalue weighted by atomic mass is 9.96. The van der Waals surface area contributed by atoms with Gasteiger partial charge in [-0.2, -0.15) is 0 Å². The van der Waals surface area contributed by atoms with Crippen LogP contribution in [0.2, 0.25) is 0 Å². The van der Waals surface area contributed by atoms with Crippen LogP contribution in [0.3, 0.4) is 0 Å². The second-order valence-electron chi connectivity index (χ2n) is 6.53. The Hall–Kier alpha value is -3.08. The number of alkyl carbamates (subject to hydrolysis) is 1. The van der Waals surface area contributed by atoms with E-state index in [1.54, 1.807) is 30.4 Å². The van der Waals surface area contributed by atoms with E-state index in [-0.39, 0.29) is 11.6 Å². The molecule has 0 atom stereocenters. The van der Waals surface area contributed by atoms with Crippen LogP contribution in [0.4, 0.5) is 4.79 Å². The van der Waals surface area contributed by atoms with Gasteiger partial charge in [0.1, 0.15) is 5.76 Å². The summed E-state index contributed by atoms with van der Waals surface area (Å²) >= 11 is 0. The molecule has 0 spiro atoms. The maximum atomic E-state index is 12.2. The quantitative estimate of drug-likeness (QED) is 0.342. The van der Waals surface area contributed by atoms with E-state index in [9.17, 15) is 9.59 Å². The van der Waals surface area contributed by atoms with E-state index in [0.29, 0.717) is 11.3 Å². The van der Waals surface area contributed by atoms with Crippen LogP contribution < -0.4 is 11.1 Å². The van der Waals surface area contributed by atoms with Gasteiger partial charge in [-0.1, -0.05) is 63.3 Å². The number of primary amides is 1. The summed E-state index contributed by atoms with van der Waals surface area (Å²) in [5, 5.41) is 2.91. The average molecular weight is 383 g/mol. The lowest BCUT2D eigenvalue weighted by Gasteiger charge is -2.22. The highest BCUT2D eigenvalue weighted by atomic mass is 16.6. The Labute approximate surface area is 167 Å². The fourth-order valence-corrected chi connectivity index (χ4v) is 2.89. The molecule has 1 fully saturated rings.